The summed E-state index contributed by atoms with van der Waals surface area (Å²) in [4.78, 5) is 4.82. The minimum absolute atomic E-state index is 0.0586. The summed E-state index contributed by atoms with van der Waals surface area (Å²) < 4.78 is 5.31. The number of hydrogen-bond donors (Lipinski definition) is 1. The number of thiazole rings is 1. The van der Waals surface area contributed by atoms with Crippen molar-refractivity contribution in [3.8, 4) is 33.3 Å². The molecule has 27 heavy (non-hydrogen) atoms. The molecule has 5 aromatic rings. The molecule has 5 rings (SSSR count). The third-order valence-electron chi connectivity index (χ3n) is 4.35. The minimum atomic E-state index is 0.0586. The molecule has 0 aliphatic heterocycles. The van der Waals surface area contributed by atoms with Crippen LogP contribution in [0.1, 0.15) is 0 Å². The molecule has 0 aliphatic carbocycles. The minimum Gasteiger partial charge on any atom is -0.404 e. The van der Waals surface area contributed by atoms with Gasteiger partial charge < -0.3 is 10.2 Å². The third kappa shape index (κ3) is 2.96. The summed E-state index contributed by atoms with van der Waals surface area (Å²) in [5.41, 5.74) is 9.42. The van der Waals surface area contributed by atoms with E-state index in [1.54, 1.807) is 11.3 Å². The van der Waals surface area contributed by atoms with Crippen molar-refractivity contribution in [3.63, 3.8) is 0 Å². The number of aromatic nitrogens is 3. The molecular formula is C21H14N4OS. The highest BCUT2D eigenvalue weighted by Gasteiger charge is 2.11. The maximum absolute atomic E-state index is 5.52. The average Bonchev–Trinajstić information content (AvgIpc) is 3.37. The molecule has 0 bridgehead atoms. The van der Waals surface area contributed by atoms with Gasteiger partial charge in [-0.3, -0.25) is 0 Å². The van der Waals surface area contributed by atoms with Crippen LogP contribution in [0.3, 0.4) is 0 Å². The highest BCUT2D eigenvalue weighted by molar-refractivity contribution is 7.13. The molecular weight excluding hydrogens is 356 g/mol. The van der Waals surface area contributed by atoms with E-state index in [-0.39, 0.29) is 6.01 Å². The molecule has 0 aliphatic rings. The molecule has 130 valence electrons. The second-order valence-corrected chi connectivity index (χ2v) is 6.98. The number of nitrogens with two attached hydrogens (primary N) is 1. The maximum Gasteiger partial charge on any atom is 0.313 e. The van der Waals surface area contributed by atoms with Gasteiger partial charge >= 0.3 is 6.01 Å². The number of anilines is 1. The Kier molecular flexibility index (Phi) is 3.69. The van der Waals surface area contributed by atoms with Crippen LogP contribution in [0.25, 0.3) is 44.1 Å². The van der Waals surface area contributed by atoms with E-state index in [1.807, 2.05) is 36.4 Å². The van der Waals surface area contributed by atoms with E-state index in [4.69, 9.17) is 15.1 Å². The van der Waals surface area contributed by atoms with Gasteiger partial charge in [0.25, 0.3) is 0 Å². The van der Waals surface area contributed by atoms with Gasteiger partial charge in [-0.05, 0) is 29.0 Å². The van der Waals surface area contributed by atoms with Gasteiger partial charge in [-0.1, -0.05) is 53.6 Å². The molecule has 2 aromatic heterocycles. The first-order valence-electron chi connectivity index (χ1n) is 8.41. The van der Waals surface area contributed by atoms with Crippen LogP contribution in [-0.4, -0.2) is 15.2 Å². The van der Waals surface area contributed by atoms with Crippen LogP contribution in [0, 0.1) is 0 Å². The molecule has 0 saturated carbocycles. The zero-order valence-electron chi connectivity index (χ0n) is 14.2. The number of fused-ring (bicyclic) bond motifs is 1. The largest absolute Gasteiger partial charge is 0.404 e. The number of nitrogen functional groups attached to an aromatic ring is 1. The van der Waals surface area contributed by atoms with Crippen molar-refractivity contribution in [2.45, 2.75) is 0 Å². The maximum atomic E-state index is 5.52. The van der Waals surface area contributed by atoms with Crippen molar-refractivity contribution in [1.29, 1.82) is 0 Å². The van der Waals surface area contributed by atoms with E-state index in [0.717, 1.165) is 27.4 Å². The fourth-order valence-corrected chi connectivity index (χ4v) is 3.85. The Labute approximate surface area is 159 Å². The van der Waals surface area contributed by atoms with Crippen molar-refractivity contribution >= 4 is 28.1 Å². The second kappa shape index (κ2) is 6.34. The highest BCUT2D eigenvalue weighted by atomic mass is 32.1. The van der Waals surface area contributed by atoms with Crippen LogP contribution in [0.5, 0.6) is 0 Å². The Morgan fingerprint density at radius 1 is 0.778 bits per heavy atom. The SMILES string of the molecule is Nc1nnc(-c2cccc(-c3nc(-c4ccc5ccccc5c4)cs3)c2)o1. The number of benzene rings is 3. The van der Waals surface area contributed by atoms with Crippen LogP contribution in [0.2, 0.25) is 0 Å². The van der Waals surface area contributed by atoms with Crippen molar-refractivity contribution in [3.05, 3.63) is 72.1 Å². The molecule has 2 N–H and O–H groups in total. The first kappa shape index (κ1) is 15.7. The van der Waals surface area contributed by atoms with Gasteiger partial charge in [0.1, 0.15) is 5.01 Å². The molecule has 6 heteroatoms. The molecule has 0 atom stereocenters. The third-order valence-corrected chi connectivity index (χ3v) is 5.24. The van der Waals surface area contributed by atoms with Crippen LogP contribution >= 0.6 is 11.3 Å². The summed E-state index contributed by atoms with van der Waals surface area (Å²) in [5.74, 6) is 0.403. The molecule has 3 aromatic carbocycles. The van der Waals surface area contributed by atoms with Crippen LogP contribution < -0.4 is 5.73 Å². The molecule has 0 saturated heterocycles. The molecule has 0 spiro atoms. The van der Waals surface area contributed by atoms with Gasteiger partial charge in [0.2, 0.25) is 5.89 Å². The van der Waals surface area contributed by atoms with Crippen molar-refractivity contribution < 1.29 is 4.42 Å². The highest BCUT2D eigenvalue weighted by Crippen LogP contribution is 2.32. The van der Waals surface area contributed by atoms with E-state index in [9.17, 15) is 0 Å². The van der Waals surface area contributed by atoms with E-state index in [0.29, 0.717) is 5.89 Å². The monoisotopic (exact) mass is 370 g/mol. The first-order chi connectivity index (χ1) is 13.3. The Hall–Kier alpha value is -3.51. The Bertz CT molecular complexity index is 1260. The summed E-state index contributed by atoms with van der Waals surface area (Å²) in [6.45, 7) is 0. The van der Waals surface area contributed by atoms with Gasteiger partial charge in [0.15, 0.2) is 0 Å². The van der Waals surface area contributed by atoms with Crippen molar-refractivity contribution in [2.75, 3.05) is 5.73 Å². The fraction of sp³-hybridized carbons (Fsp3) is 0. The van der Waals surface area contributed by atoms with E-state index < -0.39 is 0 Å². The summed E-state index contributed by atoms with van der Waals surface area (Å²) in [6.07, 6.45) is 0. The summed E-state index contributed by atoms with van der Waals surface area (Å²) in [7, 11) is 0. The summed E-state index contributed by atoms with van der Waals surface area (Å²) >= 11 is 1.61. The first-order valence-corrected chi connectivity index (χ1v) is 9.29. The van der Waals surface area contributed by atoms with E-state index in [1.165, 1.54) is 10.8 Å². The van der Waals surface area contributed by atoms with Crippen LogP contribution in [0.15, 0.2) is 76.5 Å². The van der Waals surface area contributed by atoms with E-state index >= 15 is 0 Å². The predicted molar refractivity (Wildman–Crippen MR) is 108 cm³/mol. The Balaban J connectivity index is 1.51. The molecule has 0 radical (unpaired) electrons. The number of nitrogens with zero attached hydrogens (tertiary/aromatic N) is 3. The molecule has 0 amide bonds. The van der Waals surface area contributed by atoms with Gasteiger partial charge in [0.05, 0.1) is 5.69 Å². The lowest BCUT2D eigenvalue weighted by Crippen LogP contribution is -1.83. The van der Waals surface area contributed by atoms with Crippen LogP contribution in [-0.2, 0) is 0 Å². The molecule has 2 heterocycles. The standard InChI is InChI=1S/C21H14N4OS/c22-21-25-24-19(26-21)16-6-3-7-17(11-16)20-23-18(12-27-20)15-9-8-13-4-1-2-5-14(13)10-15/h1-12H,(H2,22,25). The average molecular weight is 370 g/mol. The number of hydrogen-bond acceptors (Lipinski definition) is 6. The van der Waals surface area contributed by atoms with Gasteiger partial charge in [-0.25, -0.2) is 4.98 Å². The quantitative estimate of drug-likeness (QED) is 0.468. The predicted octanol–water partition coefficient (Wildman–Crippen LogP) is 5.26. The van der Waals surface area contributed by atoms with Crippen molar-refractivity contribution in [1.82, 2.24) is 15.2 Å². The summed E-state index contributed by atoms with van der Waals surface area (Å²) in [6, 6.07) is 22.7. The van der Waals surface area contributed by atoms with Crippen LogP contribution in [0.4, 0.5) is 6.01 Å². The molecule has 5 nitrogen and oxygen atoms in total. The van der Waals surface area contributed by atoms with Gasteiger partial charge in [-0.2, -0.15) is 0 Å². The van der Waals surface area contributed by atoms with Crippen molar-refractivity contribution in [2.24, 2.45) is 0 Å². The lowest BCUT2D eigenvalue weighted by molar-refractivity contribution is 0.590. The lowest BCUT2D eigenvalue weighted by Gasteiger charge is -2.01. The number of rotatable bonds is 3. The zero-order chi connectivity index (χ0) is 18.2. The lowest BCUT2D eigenvalue weighted by atomic mass is 10.1. The molecule has 0 fully saturated rings. The molecule has 0 unspecified atom stereocenters. The summed E-state index contributed by atoms with van der Waals surface area (Å²) in [5, 5.41) is 13.1. The van der Waals surface area contributed by atoms with Gasteiger partial charge in [0, 0.05) is 22.1 Å². The normalized spacial score (nSPS) is 11.1. The Morgan fingerprint density at radius 3 is 2.48 bits per heavy atom. The Morgan fingerprint density at radius 2 is 1.63 bits per heavy atom. The second-order valence-electron chi connectivity index (χ2n) is 6.13. The topological polar surface area (TPSA) is 77.8 Å². The smallest absolute Gasteiger partial charge is 0.313 e. The van der Waals surface area contributed by atoms with Gasteiger partial charge in [-0.15, -0.1) is 16.4 Å². The zero-order valence-corrected chi connectivity index (χ0v) is 15.0. The van der Waals surface area contributed by atoms with E-state index in [2.05, 4.69) is 45.9 Å². The fourth-order valence-electron chi connectivity index (χ4n) is 3.02.